The Balaban J connectivity index is 2.24. The number of sulfone groups is 2. The normalized spacial score (nSPS) is 24.2. The van der Waals surface area contributed by atoms with Gasteiger partial charge < -0.3 is 10.2 Å². The highest BCUT2D eigenvalue weighted by Crippen LogP contribution is 2.26. The molecule has 0 amide bonds. The third-order valence-electron chi connectivity index (χ3n) is 4.01. The van der Waals surface area contributed by atoms with E-state index in [1.807, 2.05) is 25.9 Å². The van der Waals surface area contributed by atoms with Crippen molar-refractivity contribution in [3.8, 4) is 0 Å². The van der Waals surface area contributed by atoms with Crippen molar-refractivity contribution in [3.63, 3.8) is 0 Å². The molecule has 0 saturated carbocycles. The van der Waals surface area contributed by atoms with Gasteiger partial charge in [0.1, 0.15) is 0 Å². The lowest BCUT2D eigenvalue weighted by atomic mass is 10.2. The molecule has 23 heavy (non-hydrogen) atoms. The van der Waals surface area contributed by atoms with Gasteiger partial charge in [-0.1, -0.05) is 17.7 Å². The van der Waals surface area contributed by atoms with E-state index in [4.69, 9.17) is 0 Å². The van der Waals surface area contributed by atoms with Crippen LogP contribution in [0.4, 0.5) is 0 Å². The van der Waals surface area contributed by atoms with Crippen molar-refractivity contribution in [2.75, 3.05) is 38.7 Å². The third kappa shape index (κ3) is 4.53. The Morgan fingerprint density at radius 2 is 1.78 bits per heavy atom. The monoisotopic (exact) mass is 360 g/mol. The number of benzene rings is 1. The van der Waals surface area contributed by atoms with E-state index < -0.39 is 31.0 Å². The summed E-state index contributed by atoms with van der Waals surface area (Å²) in [5.41, 5.74) is 0.962. The summed E-state index contributed by atoms with van der Waals surface area (Å²) < 4.78 is 49.6. The van der Waals surface area contributed by atoms with Crippen LogP contribution in [0.2, 0.25) is 0 Å². The SMILES string of the molecule is Cc1ccc(S(=O)(=O)[C@H]2CS(=O)(=O)C[C@@H]2NCCN(C)C)cc1. The minimum Gasteiger partial charge on any atom is -0.310 e. The minimum atomic E-state index is -3.68. The van der Waals surface area contributed by atoms with Gasteiger partial charge in [0, 0.05) is 19.1 Å². The van der Waals surface area contributed by atoms with Gasteiger partial charge in [-0.15, -0.1) is 0 Å². The Morgan fingerprint density at radius 3 is 2.35 bits per heavy atom. The van der Waals surface area contributed by atoms with Crippen molar-refractivity contribution in [2.24, 2.45) is 0 Å². The van der Waals surface area contributed by atoms with Gasteiger partial charge in [0.15, 0.2) is 19.7 Å². The maximum absolute atomic E-state index is 12.8. The second kappa shape index (κ2) is 6.88. The van der Waals surface area contributed by atoms with Crippen LogP contribution in [0.5, 0.6) is 0 Å². The van der Waals surface area contributed by atoms with E-state index in [-0.39, 0.29) is 16.4 Å². The van der Waals surface area contributed by atoms with Gasteiger partial charge in [0.05, 0.1) is 21.7 Å². The molecule has 0 unspecified atom stereocenters. The Labute approximate surface area is 138 Å². The van der Waals surface area contributed by atoms with E-state index in [2.05, 4.69) is 5.32 Å². The smallest absolute Gasteiger partial charge is 0.183 e. The fraction of sp³-hybridized carbons (Fsp3) is 0.600. The summed E-state index contributed by atoms with van der Waals surface area (Å²) in [7, 11) is -3.21. The molecule has 1 aromatic carbocycles. The quantitative estimate of drug-likeness (QED) is 0.774. The predicted octanol–water partition coefficient (Wildman–Crippen LogP) is 0.0855. The molecule has 130 valence electrons. The van der Waals surface area contributed by atoms with E-state index in [0.29, 0.717) is 13.1 Å². The average Bonchev–Trinajstić information content (AvgIpc) is 2.75. The fourth-order valence-corrected chi connectivity index (χ4v) is 7.40. The van der Waals surface area contributed by atoms with E-state index in [0.717, 1.165) is 5.56 Å². The lowest BCUT2D eigenvalue weighted by molar-refractivity contribution is 0.388. The van der Waals surface area contributed by atoms with Crippen LogP contribution in [0.15, 0.2) is 29.2 Å². The molecule has 0 radical (unpaired) electrons. The summed E-state index contributed by atoms with van der Waals surface area (Å²) in [5, 5.41) is 2.17. The molecule has 6 nitrogen and oxygen atoms in total. The van der Waals surface area contributed by atoms with Gasteiger partial charge in [0.2, 0.25) is 0 Å². The third-order valence-corrected chi connectivity index (χ3v) is 8.18. The molecule has 0 aliphatic carbocycles. The van der Waals surface area contributed by atoms with Crippen molar-refractivity contribution in [3.05, 3.63) is 29.8 Å². The molecular formula is C15H24N2O4S2. The zero-order valence-corrected chi connectivity index (χ0v) is 15.3. The Hall–Kier alpha value is -0.960. The molecule has 2 atom stereocenters. The van der Waals surface area contributed by atoms with Crippen molar-refractivity contribution < 1.29 is 16.8 Å². The summed E-state index contributed by atoms with van der Waals surface area (Å²) in [5.74, 6) is -0.445. The summed E-state index contributed by atoms with van der Waals surface area (Å²) in [6.45, 7) is 3.14. The number of hydrogen-bond acceptors (Lipinski definition) is 6. The molecule has 0 bridgehead atoms. The summed E-state index contributed by atoms with van der Waals surface area (Å²) in [6, 6.07) is 5.99. The van der Waals surface area contributed by atoms with Gasteiger partial charge in [-0.05, 0) is 33.2 Å². The lowest BCUT2D eigenvalue weighted by Gasteiger charge is -2.21. The second-order valence-electron chi connectivity index (χ2n) is 6.34. The summed E-state index contributed by atoms with van der Waals surface area (Å²) >= 11 is 0. The van der Waals surface area contributed by atoms with Crippen molar-refractivity contribution in [1.29, 1.82) is 0 Å². The summed E-state index contributed by atoms with van der Waals surface area (Å²) in [6.07, 6.45) is 0. The molecule has 8 heteroatoms. The first-order valence-corrected chi connectivity index (χ1v) is 10.9. The standard InChI is InChI=1S/C15H24N2O4S2/c1-12-4-6-13(7-5-12)23(20,21)15-11-22(18,19)10-14(15)16-8-9-17(2)3/h4-7,14-16H,8-11H2,1-3H3/t14-,15-/m0/s1. The van der Waals surface area contributed by atoms with E-state index in [9.17, 15) is 16.8 Å². The molecule has 1 fully saturated rings. The summed E-state index contributed by atoms with van der Waals surface area (Å²) in [4.78, 5) is 2.14. The number of rotatable bonds is 6. The van der Waals surface area contributed by atoms with Crippen LogP contribution in [0, 0.1) is 6.92 Å². The molecule has 1 aliphatic heterocycles. The first kappa shape index (κ1) is 18.4. The van der Waals surface area contributed by atoms with E-state index in [1.54, 1.807) is 24.3 Å². The zero-order valence-electron chi connectivity index (χ0n) is 13.7. The first-order chi connectivity index (χ1) is 10.6. The highest BCUT2D eigenvalue weighted by atomic mass is 32.2. The molecule has 0 spiro atoms. The molecule has 1 heterocycles. The zero-order chi connectivity index (χ0) is 17.3. The molecule has 1 aromatic rings. The molecule has 1 N–H and O–H groups in total. The highest BCUT2D eigenvalue weighted by molar-refractivity contribution is 7.96. The number of nitrogens with zero attached hydrogens (tertiary/aromatic N) is 1. The Bertz CT molecular complexity index is 740. The van der Waals surface area contributed by atoms with Gasteiger partial charge in [-0.25, -0.2) is 16.8 Å². The number of nitrogens with one attached hydrogen (secondary N) is 1. The van der Waals surface area contributed by atoms with Crippen molar-refractivity contribution >= 4 is 19.7 Å². The van der Waals surface area contributed by atoms with Crippen molar-refractivity contribution in [2.45, 2.75) is 23.1 Å². The van der Waals surface area contributed by atoms with Crippen molar-refractivity contribution in [1.82, 2.24) is 10.2 Å². The lowest BCUT2D eigenvalue weighted by Crippen LogP contribution is -2.45. The number of aryl methyl sites for hydroxylation is 1. The molecular weight excluding hydrogens is 336 g/mol. The van der Waals surface area contributed by atoms with Crippen LogP contribution in [-0.4, -0.2) is 71.7 Å². The number of likely N-dealkylation sites (N-methyl/N-ethyl adjacent to an activating group) is 1. The van der Waals surface area contributed by atoms with Gasteiger partial charge >= 0.3 is 0 Å². The van der Waals surface area contributed by atoms with Crippen LogP contribution in [0.3, 0.4) is 0 Å². The predicted molar refractivity (Wildman–Crippen MR) is 91.2 cm³/mol. The van der Waals surface area contributed by atoms with Gasteiger partial charge in [-0.2, -0.15) is 0 Å². The van der Waals surface area contributed by atoms with Crippen LogP contribution >= 0.6 is 0 Å². The molecule has 0 aromatic heterocycles. The van der Waals surface area contributed by atoms with E-state index in [1.165, 1.54) is 0 Å². The molecule has 1 aliphatic rings. The number of hydrogen-bond donors (Lipinski definition) is 1. The van der Waals surface area contributed by atoms with Gasteiger partial charge in [-0.3, -0.25) is 0 Å². The Morgan fingerprint density at radius 1 is 1.17 bits per heavy atom. The van der Waals surface area contributed by atoms with Gasteiger partial charge in [0.25, 0.3) is 0 Å². The Kier molecular flexibility index (Phi) is 5.50. The van der Waals surface area contributed by atoms with E-state index >= 15 is 0 Å². The molecule has 1 saturated heterocycles. The topological polar surface area (TPSA) is 83.5 Å². The second-order valence-corrected chi connectivity index (χ2v) is 10.7. The largest absolute Gasteiger partial charge is 0.310 e. The van der Waals surface area contributed by atoms with Crippen LogP contribution in [-0.2, 0) is 19.7 Å². The highest BCUT2D eigenvalue weighted by Gasteiger charge is 2.45. The first-order valence-electron chi connectivity index (χ1n) is 7.51. The van der Waals surface area contributed by atoms with Crippen LogP contribution < -0.4 is 5.32 Å². The fourth-order valence-electron chi connectivity index (χ4n) is 2.69. The maximum atomic E-state index is 12.8. The minimum absolute atomic E-state index is 0.129. The molecule has 2 rings (SSSR count). The van der Waals surface area contributed by atoms with Crippen LogP contribution in [0.25, 0.3) is 0 Å². The maximum Gasteiger partial charge on any atom is 0.183 e. The van der Waals surface area contributed by atoms with Crippen LogP contribution in [0.1, 0.15) is 5.56 Å². The average molecular weight is 361 g/mol.